The summed E-state index contributed by atoms with van der Waals surface area (Å²) in [6.07, 6.45) is 9.79. The Balaban J connectivity index is 1.27. The molecule has 30 heavy (non-hydrogen) atoms. The third-order valence-corrected chi connectivity index (χ3v) is 6.08. The molecule has 0 aromatic heterocycles. The summed E-state index contributed by atoms with van der Waals surface area (Å²) < 4.78 is 17.1. The van der Waals surface area contributed by atoms with E-state index in [0.29, 0.717) is 12.2 Å². The molecule has 0 bridgehead atoms. The number of hydrogen-bond acceptors (Lipinski definition) is 4. The minimum Gasteiger partial charge on any atom is -0.497 e. The SMILES string of the molecule is CN=C(NCCCCc1ccc(OC)cc1)N1CCC(OCC2CCCCO2)CC1. The summed E-state index contributed by atoms with van der Waals surface area (Å²) in [4.78, 5) is 6.85. The van der Waals surface area contributed by atoms with Crippen LogP contribution in [0.2, 0.25) is 0 Å². The van der Waals surface area contributed by atoms with Gasteiger partial charge >= 0.3 is 0 Å². The van der Waals surface area contributed by atoms with E-state index in [1.807, 2.05) is 19.2 Å². The second-order valence-electron chi connectivity index (χ2n) is 8.29. The van der Waals surface area contributed by atoms with E-state index in [9.17, 15) is 0 Å². The molecule has 6 nitrogen and oxygen atoms in total. The van der Waals surface area contributed by atoms with E-state index in [-0.39, 0.29) is 0 Å². The van der Waals surface area contributed by atoms with Crippen molar-refractivity contribution in [2.75, 3.05) is 47.0 Å². The first-order valence-corrected chi connectivity index (χ1v) is 11.6. The quantitative estimate of drug-likeness (QED) is 0.378. The largest absolute Gasteiger partial charge is 0.497 e. The van der Waals surface area contributed by atoms with Gasteiger partial charge in [-0.15, -0.1) is 0 Å². The Morgan fingerprint density at radius 3 is 2.60 bits per heavy atom. The standard InChI is InChI=1S/C24H39N3O3/c1-25-24(26-15-5-3-7-20-9-11-21(28-2)12-10-20)27-16-13-22(14-17-27)30-19-23-8-4-6-18-29-23/h9-12,22-23H,3-8,13-19H2,1-2H3,(H,25,26). The molecule has 2 fully saturated rings. The lowest BCUT2D eigenvalue weighted by molar-refractivity contribution is -0.0721. The molecule has 2 heterocycles. The van der Waals surface area contributed by atoms with Crippen LogP contribution in [0.5, 0.6) is 5.75 Å². The van der Waals surface area contributed by atoms with Crippen LogP contribution in [0.4, 0.5) is 0 Å². The number of aliphatic imine (C=N–C) groups is 1. The van der Waals surface area contributed by atoms with Crippen LogP contribution in [0.15, 0.2) is 29.3 Å². The Labute approximate surface area is 182 Å². The Hall–Kier alpha value is -1.79. The van der Waals surface area contributed by atoms with Crippen LogP contribution in [0.25, 0.3) is 0 Å². The monoisotopic (exact) mass is 417 g/mol. The lowest BCUT2D eigenvalue weighted by Gasteiger charge is -2.35. The summed E-state index contributed by atoms with van der Waals surface area (Å²) in [5.74, 6) is 1.94. The molecule has 0 aliphatic carbocycles. The topological polar surface area (TPSA) is 55.3 Å². The molecule has 0 saturated carbocycles. The van der Waals surface area contributed by atoms with Gasteiger partial charge in [-0.3, -0.25) is 4.99 Å². The van der Waals surface area contributed by atoms with Crippen LogP contribution in [-0.2, 0) is 15.9 Å². The van der Waals surface area contributed by atoms with Crippen molar-refractivity contribution in [3.8, 4) is 5.75 Å². The maximum Gasteiger partial charge on any atom is 0.193 e. The molecule has 0 radical (unpaired) electrons. The molecule has 1 aromatic carbocycles. The average Bonchev–Trinajstić information content (AvgIpc) is 2.81. The van der Waals surface area contributed by atoms with Gasteiger partial charge in [0, 0.05) is 33.3 Å². The molecular formula is C24H39N3O3. The first-order chi connectivity index (χ1) is 14.8. The fourth-order valence-corrected chi connectivity index (χ4v) is 4.20. The molecule has 0 amide bonds. The van der Waals surface area contributed by atoms with E-state index in [1.54, 1.807) is 7.11 Å². The molecule has 168 valence electrons. The minimum absolute atomic E-state index is 0.309. The van der Waals surface area contributed by atoms with Crippen LogP contribution in [-0.4, -0.2) is 70.1 Å². The third kappa shape index (κ3) is 7.47. The number of piperidine rings is 1. The summed E-state index contributed by atoms with van der Waals surface area (Å²) in [7, 11) is 3.58. The number of aryl methyl sites for hydroxylation is 1. The van der Waals surface area contributed by atoms with Crippen molar-refractivity contribution in [1.82, 2.24) is 10.2 Å². The number of ether oxygens (including phenoxy) is 3. The molecule has 1 unspecified atom stereocenters. The fourth-order valence-electron chi connectivity index (χ4n) is 4.20. The van der Waals surface area contributed by atoms with Crippen molar-refractivity contribution < 1.29 is 14.2 Å². The first-order valence-electron chi connectivity index (χ1n) is 11.6. The van der Waals surface area contributed by atoms with Crippen LogP contribution < -0.4 is 10.1 Å². The smallest absolute Gasteiger partial charge is 0.193 e. The summed E-state index contributed by atoms with van der Waals surface area (Å²) in [6, 6.07) is 8.37. The Kier molecular flexibility index (Phi) is 9.77. The van der Waals surface area contributed by atoms with E-state index in [2.05, 4.69) is 27.3 Å². The average molecular weight is 418 g/mol. The summed E-state index contributed by atoms with van der Waals surface area (Å²) in [5, 5.41) is 3.54. The number of nitrogens with one attached hydrogen (secondary N) is 1. The highest BCUT2D eigenvalue weighted by Crippen LogP contribution is 2.18. The van der Waals surface area contributed by atoms with E-state index >= 15 is 0 Å². The van der Waals surface area contributed by atoms with Crippen LogP contribution in [0.1, 0.15) is 50.5 Å². The van der Waals surface area contributed by atoms with Crippen molar-refractivity contribution in [3.05, 3.63) is 29.8 Å². The Bertz CT molecular complexity index is 621. The highest BCUT2D eigenvalue weighted by molar-refractivity contribution is 5.79. The second-order valence-corrected chi connectivity index (χ2v) is 8.29. The number of guanidine groups is 1. The van der Waals surface area contributed by atoms with Gasteiger partial charge in [0.1, 0.15) is 5.75 Å². The zero-order chi connectivity index (χ0) is 21.0. The molecule has 3 rings (SSSR count). The van der Waals surface area contributed by atoms with Gasteiger partial charge in [-0.1, -0.05) is 12.1 Å². The molecule has 1 N–H and O–H groups in total. The Morgan fingerprint density at radius 1 is 1.13 bits per heavy atom. The van der Waals surface area contributed by atoms with E-state index in [0.717, 1.165) is 83.1 Å². The van der Waals surface area contributed by atoms with Crippen LogP contribution in [0.3, 0.4) is 0 Å². The molecule has 2 saturated heterocycles. The van der Waals surface area contributed by atoms with Crippen molar-refractivity contribution in [3.63, 3.8) is 0 Å². The number of likely N-dealkylation sites (tertiary alicyclic amines) is 1. The van der Waals surface area contributed by atoms with Gasteiger partial charge in [0.15, 0.2) is 5.96 Å². The third-order valence-electron chi connectivity index (χ3n) is 6.08. The number of benzene rings is 1. The molecule has 6 heteroatoms. The van der Waals surface area contributed by atoms with Gasteiger partial charge in [-0.25, -0.2) is 0 Å². The predicted octanol–water partition coefficient (Wildman–Crippen LogP) is 3.64. The predicted molar refractivity (Wildman–Crippen MR) is 121 cm³/mol. The van der Waals surface area contributed by atoms with Crippen LogP contribution >= 0.6 is 0 Å². The Morgan fingerprint density at radius 2 is 1.93 bits per heavy atom. The number of methoxy groups -OCH3 is 1. The van der Waals surface area contributed by atoms with Crippen molar-refractivity contribution in [1.29, 1.82) is 0 Å². The van der Waals surface area contributed by atoms with Gasteiger partial charge in [0.25, 0.3) is 0 Å². The number of unbranched alkanes of at least 4 members (excludes halogenated alkanes) is 1. The lowest BCUT2D eigenvalue weighted by Crippen LogP contribution is -2.47. The number of rotatable bonds is 9. The van der Waals surface area contributed by atoms with Crippen molar-refractivity contribution in [2.24, 2.45) is 4.99 Å². The van der Waals surface area contributed by atoms with Gasteiger partial charge < -0.3 is 24.4 Å². The normalized spacial score (nSPS) is 20.9. The maximum atomic E-state index is 6.13. The van der Waals surface area contributed by atoms with Crippen molar-refractivity contribution >= 4 is 5.96 Å². The molecule has 1 atom stereocenters. The van der Waals surface area contributed by atoms with Gasteiger partial charge in [0.2, 0.25) is 0 Å². The summed E-state index contributed by atoms with van der Waals surface area (Å²) in [5.41, 5.74) is 1.36. The van der Waals surface area contributed by atoms with E-state index in [1.165, 1.54) is 18.4 Å². The lowest BCUT2D eigenvalue weighted by atomic mass is 10.1. The van der Waals surface area contributed by atoms with E-state index < -0.39 is 0 Å². The zero-order valence-corrected chi connectivity index (χ0v) is 18.8. The number of hydrogen-bond donors (Lipinski definition) is 1. The molecule has 2 aliphatic heterocycles. The molecule has 2 aliphatic rings. The summed E-state index contributed by atoms with van der Waals surface area (Å²) in [6.45, 7) is 4.61. The van der Waals surface area contributed by atoms with Crippen LogP contribution in [0, 0.1) is 0 Å². The molecule has 0 spiro atoms. The zero-order valence-electron chi connectivity index (χ0n) is 18.8. The van der Waals surface area contributed by atoms with Gasteiger partial charge in [0.05, 0.1) is 25.9 Å². The number of nitrogens with zero attached hydrogens (tertiary/aromatic N) is 2. The maximum absolute atomic E-state index is 6.13. The first kappa shape index (κ1) is 22.9. The second kappa shape index (κ2) is 12.8. The van der Waals surface area contributed by atoms with Gasteiger partial charge in [-0.05, 0) is 69.1 Å². The highest BCUT2D eigenvalue weighted by Gasteiger charge is 2.23. The van der Waals surface area contributed by atoms with Crippen molar-refractivity contribution in [2.45, 2.75) is 63.6 Å². The van der Waals surface area contributed by atoms with E-state index in [4.69, 9.17) is 14.2 Å². The molecular weight excluding hydrogens is 378 g/mol. The molecule has 1 aromatic rings. The summed E-state index contributed by atoms with van der Waals surface area (Å²) >= 11 is 0. The van der Waals surface area contributed by atoms with Gasteiger partial charge in [-0.2, -0.15) is 0 Å². The highest BCUT2D eigenvalue weighted by atomic mass is 16.5. The minimum atomic E-state index is 0.309. The fraction of sp³-hybridized carbons (Fsp3) is 0.708.